The van der Waals surface area contributed by atoms with Crippen LogP contribution in [0, 0.1) is 11.3 Å². The third kappa shape index (κ3) is 3.97. The second-order valence-corrected chi connectivity index (χ2v) is 7.35. The number of hydrogen-bond donors (Lipinski definition) is 1. The van der Waals surface area contributed by atoms with Crippen LogP contribution in [0.25, 0.3) is 0 Å². The van der Waals surface area contributed by atoms with Crippen LogP contribution in [0.2, 0.25) is 0 Å². The highest BCUT2D eigenvalue weighted by molar-refractivity contribution is 5.67. The van der Waals surface area contributed by atoms with Crippen LogP contribution in [0.15, 0.2) is 30.3 Å². The van der Waals surface area contributed by atoms with Crippen LogP contribution in [0.3, 0.4) is 0 Å². The number of carbonyl (C=O) groups excluding carboxylic acids is 1. The van der Waals surface area contributed by atoms with Crippen LogP contribution in [0.1, 0.15) is 32.8 Å². The van der Waals surface area contributed by atoms with Gasteiger partial charge in [0.15, 0.2) is 0 Å². The van der Waals surface area contributed by atoms with E-state index in [1.807, 2.05) is 37.3 Å². The van der Waals surface area contributed by atoms with Crippen LogP contribution < -0.4 is 5.32 Å². The number of carbonyl (C=O) groups is 1. The summed E-state index contributed by atoms with van der Waals surface area (Å²) >= 11 is 0. The third-order valence-corrected chi connectivity index (χ3v) is 4.95. The number of fused-ring (bicyclic) bond motifs is 3. The second kappa shape index (κ2) is 7.32. The summed E-state index contributed by atoms with van der Waals surface area (Å²) in [6.07, 6.45) is 0.344. The van der Waals surface area contributed by atoms with Crippen molar-refractivity contribution in [2.24, 2.45) is 11.3 Å². The number of benzene rings is 1. The highest BCUT2D eigenvalue weighted by atomic mass is 16.9. The molecule has 3 fully saturated rings. The Morgan fingerprint density at radius 1 is 1.20 bits per heavy atom. The molecule has 3 saturated heterocycles. The zero-order valence-corrected chi connectivity index (χ0v) is 15.1. The molecule has 1 aromatic carbocycles. The summed E-state index contributed by atoms with van der Waals surface area (Å²) in [5.74, 6) is -1.12. The van der Waals surface area contributed by atoms with Gasteiger partial charge in [0.2, 0.25) is 0 Å². The van der Waals surface area contributed by atoms with Gasteiger partial charge in [-0.05, 0) is 11.5 Å². The molecule has 1 amide bonds. The predicted octanol–water partition coefficient (Wildman–Crippen LogP) is 3.06. The van der Waals surface area contributed by atoms with Crippen molar-refractivity contribution in [3.63, 3.8) is 0 Å². The summed E-state index contributed by atoms with van der Waals surface area (Å²) in [6, 6.07) is 9.13. The molecule has 0 saturated carbocycles. The van der Waals surface area contributed by atoms with Gasteiger partial charge in [-0.15, -0.1) is 0 Å². The molecular formula is C19H27NO5. The minimum absolute atomic E-state index is 0.103. The molecule has 3 heterocycles. The van der Waals surface area contributed by atoms with E-state index < -0.39 is 18.1 Å². The third-order valence-electron chi connectivity index (χ3n) is 4.95. The van der Waals surface area contributed by atoms with Gasteiger partial charge < -0.3 is 24.3 Å². The van der Waals surface area contributed by atoms with Crippen molar-refractivity contribution in [2.75, 3.05) is 19.8 Å². The number of ether oxygens (including phenoxy) is 4. The van der Waals surface area contributed by atoms with Crippen LogP contribution in [0.4, 0.5) is 4.79 Å². The van der Waals surface area contributed by atoms with E-state index in [4.69, 9.17) is 18.9 Å². The highest BCUT2D eigenvalue weighted by Gasteiger charge is 2.56. The van der Waals surface area contributed by atoms with Gasteiger partial charge in [-0.3, -0.25) is 0 Å². The first-order valence-electron chi connectivity index (χ1n) is 8.85. The highest BCUT2D eigenvalue weighted by Crippen LogP contribution is 2.41. The maximum absolute atomic E-state index is 12.3. The number of rotatable bonds is 6. The molecule has 1 N–H and O–H groups in total. The van der Waals surface area contributed by atoms with E-state index in [0.29, 0.717) is 19.8 Å². The van der Waals surface area contributed by atoms with Gasteiger partial charge in [0.05, 0.1) is 19.8 Å². The molecule has 2 bridgehead atoms. The topological polar surface area (TPSA) is 66.0 Å². The maximum Gasteiger partial charge on any atom is 0.407 e. The Kier molecular flexibility index (Phi) is 5.32. The van der Waals surface area contributed by atoms with Gasteiger partial charge in [-0.25, -0.2) is 4.79 Å². The molecule has 0 radical (unpaired) electrons. The summed E-state index contributed by atoms with van der Waals surface area (Å²) < 4.78 is 23.1. The Morgan fingerprint density at radius 3 is 2.36 bits per heavy atom. The predicted molar refractivity (Wildman–Crippen MR) is 91.7 cm³/mol. The van der Waals surface area contributed by atoms with Crippen molar-refractivity contribution >= 4 is 6.09 Å². The summed E-state index contributed by atoms with van der Waals surface area (Å²) in [5, 5.41) is 2.90. The van der Waals surface area contributed by atoms with Gasteiger partial charge in [-0.2, -0.15) is 0 Å². The minimum Gasteiger partial charge on any atom is -0.445 e. The van der Waals surface area contributed by atoms with E-state index in [2.05, 4.69) is 19.2 Å². The zero-order chi connectivity index (χ0) is 17.9. The lowest BCUT2D eigenvalue weighted by atomic mass is 9.89. The van der Waals surface area contributed by atoms with Crippen LogP contribution >= 0.6 is 0 Å². The number of alkyl carbamates (subject to hydrolysis) is 1. The standard InChI is InChI=1S/C19H27NO5/c1-4-14(2)16(19-23-11-18(3,12-24-19)13-25-19)20-17(21)22-10-15-8-6-5-7-9-15/h5-9,14,16H,4,10-13H2,1-3H3,(H,20,21)/t14-,16-,18?,19?/m0/s1. The van der Waals surface area contributed by atoms with Crippen molar-refractivity contribution in [2.45, 2.75) is 45.8 Å². The Morgan fingerprint density at radius 2 is 1.80 bits per heavy atom. The molecule has 25 heavy (non-hydrogen) atoms. The van der Waals surface area contributed by atoms with E-state index >= 15 is 0 Å². The zero-order valence-electron chi connectivity index (χ0n) is 15.1. The first-order chi connectivity index (χ1) is 12.0. The molecule has 0 aliphatic carbocycles. The Hall–Kier alpha value is -1.63. The number of amides is 1. The Labute approximate surface area is 148 Å². The lowest BCUT2D eigenvalue weighted by molar-refractivity contribution is -0.476. The molecule has 0 spiro atoms. The van der Waals surface area contributed by atoms with E-state index in [1.165, 1.54) is 0 Å². The minimum atomic E-state index is -1.22. The van der Waals surface area contributed by atoms with E-state index in [1.54, 1.807) is 0 Å². The van der Waals surface area contributed by atoms with Gasteiger partial charge in [0.1, 0.15) is 12.6 Å². The fraction of sp³-hybridized carbons (Fsp3) is 0.632. The van der Waals surface area contributed by atoms with Gasteiger partial charge in [0, 0.05) is 5.41 Å². The normalized spacial score (nSPS) is 30.5. The smallest absolute Gasteiger partial charge is 0.407 e. The van der Waals surface area contributed by atoms with E-state index in [9.17, 15) is 4.79 Å². The van der Waals surface area contributed by atoms with Crippen molar-refractivity contribution in [3.05, 3.63) is 35.9 Å². The SMILES string of the molecule is CC[C@H](C)[C@H](NC(=O)OCc1ccccc1)C12OCC(C)(CO1)CO2. The summed E-state index contributed by atoms with van der Waals surface area (Å²) in [6.45, 7) is 8.04. The Bertz CT molecular complexity index is 566. The van der Waals surface area contributed by atoms with Gasteiger partial charge in [0.25, 0.3) is 0 Å². The lowest BCUT2D eigenvalue weighted by Crippen LogP contribution is -2.68. The molecule has 3 aliphatic rings. The fourth-order valence-electron chi connectivity index (χ4n) is 3.05. The summed E-state index contributed by atoms with van der Waals surface area (Å²) in [4.78, 5) is 12.3. The molecule has 0 unspecified atom stereocenters. The lowest BCUT2D eigenvalue weighted by Gasteiger charge is -2.53. The quantitative estimate of drug-likeness (QED) is 0.855. The fourth-order valence-corrected chi connectivity index (χ4v) is 3.05. The van der Waals surface area contributed by atoms with Crippen molar-refractivity contribution in [1.82, 2.24) is 5.32 Å². The summed E-state index contributed by atoms with van der Waals surface area (Å²) in [5.41, 5.74) is 0.820. The summed E-state index contributed by atoms with van der Waals surface area (Å²) in [7, 11) is 0. The molecule has 4 rings (SSSR count). The average Bonchev–Trinajstić information content (AvgIpc) is 2.65. The molecule has 6 nitrogen and oxygen atoms in total. The van der Waals surface area contributed by atoms with Gasteiger partial charge in [-0.1, -0.05) is 57.5 Å². The van der Waals surface area contributed by atoms with E-state index in [-0.39, 0.29) is 17.9 Å². The molecule has 2 atom stereocenters. The van der Waals surface area contributed by atoms with E-state index in [0.717, 1.165) is 12.0 Å². The first kappa shape index (κ1) is 18.2. The molecule has 6 heteroatoms. The van der Waals surface area contributed by atoms with Crippen molar-refractivity contribution in [3.8, 4) is 0 Å². The van der Waals surface area contributed by atoms with Crippen LogP contribution in [0.5, 0.6) is 0 Å². The largest absolute Gasteiger partial charge is 0.445 e. The first-order valence-corrected chi connectivity index (χ1v) is 8.85. The van der Waals surface area contributed by atoms with Crippen LogP contribution in [-0.4, -0.2) is 37.9 Å². The average molecular weight is 349 g/mol. The maximum atomic E-state index is 12.3. The van der Waals surface area contributed by atoms with Crippen molar-refractivity contribution in [1.29, 1.82) is 0 Å². The molecular weight excluding hydrogens is 322 g/mol. The van der Waals surface area contributed by atoms with Gasteiger partial charge >= 0.3 is 12.1 Å². The molecule has 3 aliphatic heterocycles. The second-order valence-electron chi connectivity index (χ2n) is 7.35. The monoisotopic (exact) mass is 349 g/mol. The molecule has 138 valence electrons. The molecule has 1 aromatic rings. The Balaban J connectivity index is 1.64. The van der Waals surface area contributed by atoms with Crippen LogP contribution in [-0.2, 0) is 25.6 Å². The number of hydrogen-bond acceptors (Lipinski definition) is 5. The van der Waals surface area contributed by atoms with Crippen molar-refractivity contribution < 1.29 is 23.7 Å². The number of nitrogens with one attached hydrogen (secondary N) is 1. The molecule has 0 aromatic heterocycles.